The summed E-state index contributed by atoms with van der Waals surface area (Å²) in [4.78, 5) is 24.5. The molecule has 3 aromatic heterocycles. The largest absolute Gasteiger partial charge is 0.354 e. The van der Waals surface area contributed by atoms with Gasteiger partial charge in [-0.15, -0.1) is 0 Å². The third kappa shape index (κ3) is 3.37. The minimum Gasteiger partial charge on any atom is -0.354 e. The van der Waals surface area contributed by atoms with Crippen LogP contribution in [0.25, 0.3) is 22.2 Å². The Morgan fingerprint density at radius 2 is 2.06 bits per heavy atom. The molecule has 0 amide bonds. The summed E-state index contributed by atoms with van der Waals surface area (Å²) < 4.78 is 18.2. The van der Waals surface area contributed by atoms with E-state index in [9.17, 15) is 9.18 Å². The lowest BCUT2D eigenvalue weighted by molar-refractivity contribution is 0.494. The van der Waals surface area contributed by atoms with Gasteiger partial charge in [-0.05, 0) is 37.6 Å². The van der Waals surface area contributed by atoms with Crippen LogP contribution in [0.5, 0.6) is 0 Å². The number of pyridine rings is 1. The average Bonchev–Trinajstić information content (AvgIpc) is 3.43. The summed E-state index contributed by atoms with van der Waals surface area (Å²) in [6.07, 6.45) is 4.63. The Kier molecular flexibility index (Phi) is 4.74. The Hall–Kier alpha value is -3.26. The van der Waals surface area contributed by atoms with Crippen molar-refractivity contribution in [2.24, 2.45) is 7.05 Å². The van der Waals surface area contributed by atoms with Crippen molar-refractivity contribution in [3.05, 3.63) is 69.7 Å². The Labute approximate surface area is 182 Å². The first-order valence-electron chi connectivity index (χ1n) is 10.0. The molecule has 1 aromatic carbocycles. The second-order valence-corrected chi connectivity index (χ2v) is 8.18. The molecule has 0 saturated carbocycles. The molecule has 9 heteroatoms. The van der Waals surface area contributed by atoms with Crippen LogP contribution in [0, 0.1) is 12.7 Å². The Bertz CT molecular complexity index is 1350. The van der Waals surface area contributed by atoms with Gasteiger partial charge in [0.05, 0.1) is 22.6 Å². The highest BCUT2D eigenvalue weighted by Crippen LogP contribution is 2.33. The quantitative estimate of drug-likeness (QED) is 0.487. The van der Waals surface area contributed by atoms with Crippen molar-refractivity contribution < 1.29 is 4.39 Å². The van der Waals surface area contributed by atoms with E-state index in [0.29, 0.717) is 29.1 Å². The number of rotatable bonds is 3. The summed E-state index contributed by atoms with van der Waals surface area (Å²) in [5, 5.41) is 4.92. The number of benzene rings is 1. The lowest BCUT2D eigenvalue weighted by atomic mass is 10.1. The zero-order valence-electron chi connectivity index (χ0n) is 17.1. The molecule has 0 bridgehead atoms. The van der Waals surface area contributed by atoms with Gasteiger partial charge in [-0.1, -0.05) is 11.6 Å². The number of nitrogens with zero attached hydrogens (tertiary/aromatic N) is 6. The van der Waals surface area contributed by atoms with Gasteiger partial charge in [0.25, 0.3) is 5.56 Å². The summed E-state index contributed by atoms with van der Waals surface area (Å²) in [5.41, 5.74) is 0.735. The molecule has 0 spiro atoms. The van der Waals surface area contributed by atoms with E-state index in [1.54, 1.807) is 32.3 Å². The zero-order valence-corrected chi connectivity index (χ0v) is 17.8. The van der Waals surface area contributed by atoms with Crippen LogP contribution in [0.1, 0.15) is 18.3 Å². The normalized spacial score (nSPS) is 16.4. The molecule has 4 heterocycles. The highest BCUT2D eigenvalue weighted by atomic mass is 35.5. The third-order valence-electron chi connectivity index (χ3n) is 5.84. The van der Waals surface area contributed by atoms with E-state index in [2.05, 4.69) is 15.0 Å². The molecule has 0 unspecified atom stereocenters. The van der Waals surface area contributed by atoms with Crippen molar-refractivity contribution in [3.63, 3.8) is 0 Å². The number of aryl methyl sites for hydroxylation is 1. The van der Waals surface area contributed by atoms with Gasteiger partial charge in [-0.2, -0.15) is 5.10 Å². The van der Waals surface area contributed by atoms with Crippen molar-refractivity contribution in [3.8, 4) is 11.3 Å². The van der Waals surface area contributed by atoms with Gasteiger partial charge in [0.2, 0.25) is 0 Å². The SMILES string of the molecule is Cc1nc2cc(N3CC[C@@H](n4cccn4)C3)nc(-c3ccc(Cl)cc3F)c2c(=O)n1C. The molecule has 31 heavy (non-hydrogen) atoms. The summed E-state index contributed by atoms with van der Waals surface area (Å²) in [7, 11) is 1.65. The van der Waals surface area contributed by atoms with E-state index in [4.69, 9.17) is 16.6 Å². The zero-order chi connectivity index (χ0) is 21.7. The molecule has 5 rings (SSSR count). The van der Waals surface area contributed by atoms with Crippen LogP contribution >= 0.6 is 11.6 Å². The van der Waals surface area contributed by atoms with E-state index in [1.807, 2.05) is 23.0 Å². The van der Waals surface area contributed by atoms with Gasteiger partial charge >= 0.3 is 0 Å². The standard InChI is InChI=1S/C22H20ClFN6O/c1-13-26-18-11-19(29-9-6-15(12-29)30-8-3-7-25-30)27-21(20(18)22(31)28(13)2)16-5-4-14(23)10-17(16)24/h3-5,7-8,10-11,15H,6,9,12H2,1-2H3/t15-/m1/s1. The summed E-state index contributed by atoms with van der Waals surface area (Å²) in [6, 6.07) is 8.32. The van der Waals surface area contributed by atoms with E-state index < -0.39 is 5.82 Å². The maximum absolute atomic E-state index is 14.9. The smallest absolute Gasteiger partial charge is 0.263 e. The fourth-order valence-corrected chi connectivity index (χ4v) is 4.24. The highest BCUT2D eigenvalue weighted by molar-refractivity contribution is 6.30. The fourth-order valence-electron chi connectivity index (χ4n) is 4.08. The minimum atomic E-state index is -0.531. The fraction of sp³-hybridized carbons (Fsp3) is 0.273. The number of fused-ring (bicyclic) bond motifs is 1. The number of halogens is 2. The van der Waals surface area contributed by atoms with Crippen molar-refractivity contribution in [1.82, 2.24) is 24.3 Å². The van der Waals surface area contributed by atoms with Crippen molar-refractivity contribution in [2.45, 2.75) is 19.4 Å². The lowest BCUT2D eigenvalue weighted by Gasteiger charge is -2.20. The first-order chi connectivity index (χ1) is 14.9. The molecule has 1 aliphatic rings. The van der Waals surface area contributed by atoms with Crippen LogP contribution < -0.4 is 10.5 Å². The molecular weight excluding hydrogens is 419 g/mol. The Morgan fingerprint density at radius 3 is 2.81 bits per heavy atom. The topological polar surface area (TPSA) is 68.8 Å². The van der Waals surface area contributed by atoms with E-state index >= 15 is 0 Å². The minimum absolute atomic E-state index is 0.224. The van der Waals surface area contributed by atoms with Crippen molar-refractivity contribution in [1.29, 1.82) is 0 Å². The molecular formula is C22H20ClFN6O. The van der Waals surface area contributed by atoms with Gasteiger partial charge in [0.1, 0.15) is 17.5 Å². The summed E-state index contributed by atoms with van der Waals surface area (Å²) in [5.74, 6) is 0.705. The maximum Gasteiger partial charge on any atom is 0.263 e. The second kappa shape index (κ2) is 7.46. The maximum atomic E-state index is 14.9. The molecule has 0 N–H and O–H groups in total. The highest BCUT2D eigenvalue weighted by Gasteiger charge is 2.27. The second-order valence-electron chi connectivity index (χ2n) is 7.75. The molecule has 1 saturated heterocycles. The van der Waals surface area contributed by atoms with E-state index in [-0.39, 0.29) is 27.9 Å². The monoisotopic (exact) mass is 438 g/mol. The first-order valence-corrected chi connectivity index (χ1v) is 10.4. The number of anilines is 1. The predicted octanol–water partition coefficient (Wildman–Crippen LogP) is 3.74. The molecule has 158 valence electrons. The van der Waals surface area contributed by atoms with Crippen LogP contribution in [0.2, 0.25) is 5.02 Å². The number of hydrogen-bond acceptors (Lipinski definition) is 5. The van der Waals surface area contributed by atoms with Crippen LogP contribution in [-0.2, 0) is 7.05 Å². The molecule has 1 fully saturated rings. The summed E-state index contributed by atoms with van der Waals surface area (Å²) in [6.45, 7) is 3.26. The molecule has 7 nitrogen and oxygen atoms in total. The first kappa shape index (κ1) is 19.7. The van der Waals surface area contributed by atoms with Crippen LogP contribution in [0.4, 0.5) is 10.2 Å². The van der Waals surface area contributed by atoms with Gasteiger partial charge in [-0.25, -0.2) is 14.4 Å². The van der Waals surface area contributed by atoms with Gasteiger partial charge < -0.3 is 4.90 Å². The van der Waals surface area contributed by atoms with Crippen molar-refractivity contribution >= 4 is 28.3 Å². The lowest BCUT2D eigenvalue weighted by Crippen LogP contribution is -2.25. The average molecular weight is 439 g/mol. The van der Waals surface area contributed by atoms with Gasteiger partial charge in [0.15, 0.2) is 0 Å². The van der Waals surface area contributed by atoms with Gasteiger partial charge in [-0.3, -0.25) is 14.0 Å². The molecule has 4 aromatic rings. The molecule has 1 atom stereocenters. The van der Waals surface area contributed by atoms with Crippen molar-refractivity contribution in [2.75, 3.05) is 18.0 Å². The number of aromatic nitrogens is 5. The Balaban J connectivity index is 1.69. The Morgan fingerprint density at radius 1 is 1.23 bits per heavy atom. The third-order valence-corrected chi connectivity index (χ3v) is 6.08. The van der Waals surface area contributed by atoms with Crippen LogP contribution in [-0.4, -0.2) is 37.4 Å². The van der Waals surface area contributed by atoms with Crippen LogP contribution in [0.3, 0.4) is 0 Å². The van der Waals surface area contributed by atoms with Gasteiger partial charge in [0, 0.05) is 49.2 Å². The predicted molar refractivity (Wildman–Crippen MR) is 118 cm³/mol. The summed E-state index contributed by atoms with van der Waals surface area (Å²) >= 11 is 5.94. The van der Waals surface area contributed by atoms with E-state index in [1.165, 1.54) is 10.6 Å². The van der Waals surface area contributed by atoms with E-state index in [0.717, 1.165) is 13.0 Å². The number of hydrogen-bond donors (Lipinski definition) is 0. The molecule has 0 radical (unpaired) electrons. The molecule has 1 aliphatic heterocycles. The molecule has 0 aliphatic carbocycles. The van der Waals surface area contributed by atoms with Crippen LogP contribution in [0.15, 0.2) is 47.5 Å².